The first-order valence-electron chi connectivity index (χ1n) is 5.80. The lowest BCUT2D eigenvalue weighted by Gasteiger charge is -2.10. The molecule has 0 saturated carbocycles. The molecule has 1 aromatic heterocycles. The Kier molecular flexibility index (Phi) is 3.58. The number of hydrogen-bond donors (Lipinski definition) is 2. The van der Waals surface area contributed by atoms with Crippen LogP contribution in [0.3, 0.4) is 0 Å². The van der Waals surface area contributed by atoms with E-state index in [4.69, 9.17) is 21.1 Å². The Balaban J connectivity index is 1.80. The molecular weight excluding hydrogens is 348 g/mol. The van der Waals surface area contributed by atoms with Crippen LogP contribution in [0.4, 0.5) is 5.69 Å². The summed E-state index contributed by atoms with van der Waals surface area (Å²) in [6.45, 7) is 0.563. The zero-order chi connectivity index (χ0) is 14.1. The lowest BCUT2D eigenvalue weighted by Crippen LogP contribution is -2.01. The molecule has 3 rings (SSSR count). The highest BCUT2D eigenvalue weighted by Gasteiger charge is 2.17. The van der Waals surface area contributed by atoms with Crippen molar-refractivity contribution in [3.8, 4) is 17.2 Å². The van der Waals surface area contributed by atoms with Crippen LogP contribution in [0.1, 0.15) is 5.56 Å². The summed E-state index contributed by atoms with van der Waals surface area (Å²) in [6, 6.07) is 5.10. The molecule has 0 unspecified atom stereocenters. The van der Waals surface area contributed by atoms with E-state index in [0.29, 0.717) is 34.4 Å². The molecule has 7 heteroatoms. The van der Waals surface area contributed by atoms with Gasteiger partial charge in [-0.2, -0.15) is 0 Å². The van der Waals surface area contributed by atoms with Gasteiger partial charge in [0.2, 0.25) is 6.79 Å². The molecule has 1 aliphatic heterocycles. The van der Waals surface area contributed by atoms with Crippen molar-refractivity contribution in [1.82, 2.24) is 4.98 Å². The van der Waals surface area contributed by atoms with Crippen molar-refractivity contribution < 1.29 is 14.6 Å². The molecule has 0 radical (unpaired) electrons. The van der Waals surface area contributed by atoms with Gasteiger partial charge in [0.25, 0.3) is 0 Å². The number of nitrogens with zero attached hydrogens (tertiary/aromatic N) is 1. The second kappa shape index (κ2) is 5.38. The third-order valence-corrected chi connectivity index (χ3v) is 3.58. The number of anilines is 1. The molecule has 0 bridgehead atoms. The zero-order valence-electron chi connectivity index (χ0n) is 10.2. The van der Waals surface area contributed by atoms with Crippen molar-refractivity contribution in [3.63, 3.8) is 0 Å². The first-order valence-corrected chi connectivity index (χ1v) is 6.97. The van der Waals surface area contributed by atoms with Crippen LogP contribution < -0.4 is 14.8 Å². The molecule has 0 aliphatic carbocycles. The highest BCUT2D eigenvalue weighted by atomic mass is 79.9. The molecule has 0 spiro atoms. The van der Waals surface area contributed by atoms with Crippen molar-refractivity contribution in [3.05, 3.63) is 39.6 Å². The van der Waals surface area contributed by atoms with Gasteiger partial charge in [0.1, 0.15) is 5.75 Å². The zero-order valence-corrected chi connectivity index (χ0v) is 12.5. The highest BCUT2D eigenvalue weighted by Crippen LogP contribution is 2.38. The summed E-state index contributed by atoms with van der Waals surface area (Å²) >= 11 is 9.32. The van der Waals surface area contributed by atoms with Crippen molar-refractivity contribution in [2.75, 3.05) is 12.1 Å². The van der Waals surface area contributed by atoms with E-state index >= 15 is 0 Å². The number of phenols is 1. The van der Waals surface area contributed by atoms with Gasteiger partial charge in [0.05, 0.1) is 5.69 Å². The number of benzene rings is 1. The van der Waals surface area contributed by atoms with E-state index in [9.17, 15) is 5.11 Å². The van der Waals surface area contributed by atoms with Crippen molar-refractivity contribution in [2.24, 2.45) is 0 Å². The number of halogens is 2. The first kappa shape index (κ1) is 13.3. The van der Waals surface area contributed by atoms with E-state index in [1.807, 2.05) is 6.07 Å². The molecule has 20 heavy (non-hydrogen) atoms. The number of ether oxygens (including phenoxy) is 2. The van der Waals surface area contributed by atoms with Crippen LogP contribution in [0, 0.1) is 0 Å². The summed E-state index contributed by atoms with van der Waals surface area (Å²) in [7, 11) is 0. The molecule has 0 amide bonds. The minimum Gasteiger partial charge on any atom is -0.507 e. The molecule has 0 atom stereocenters. The number of rotatable bonds is 3. The van der Waals surface area contributed by atoms with Gasteiger partial charge in [-0.05, 0) is 28.1 Å². The maximum atomic E-state index is 9.94. The summed E-state index contributed by atoms with van der Waals surface area (Å²) < 4.78 is 11.3. The maximum Gasteiger partial charge on any atom is 0.231 e. The Morgan fingerprint density at radius 3 is 2.85 bits per heavy atom. The fourth-order valence-electron chi connectivity index (χ4n) is 1.85. The van der Waals surface area contributed by atoms with Gasteiger partial charge < -0.3 is 19.9 Å². The van der Waals surface area contributed by atoms with Crippen molar-refractivity contribution >= 4 is 33.2 Å². The van der Waals surface area contributed by atoms with Crippen LogP contribution in [0.5, 0.6) is 17.2 Å². The Labute approximate surface area is 128 Å². The van der Waals surface area contributed by atoms with Gasteiger partial charge in [-0.15, -0.1) is 0 Å². The van der Waals surface area contributed by atoms with E-state index in [1.54, 1.807) is 18.3 Å². The van der Waals surface area contributed by atoms with Crippen LogP contribution in [-0.2, 0) is 6.54 Å². The van der Waals surface area contributed by atoms with Gasteiger partial charge in [-0.1, -0.05) is 11.6 Å². The smallest absolute Gasteiger partial charge is 0.231 e. The lowest BCUT2D eigenvalue weighted by atomic mass is 10.1. The molecule has 0 fully saturated rings. The number of hydrogen-bond acceptors (Lipinski definition) is 5. The summed E-state index contributed by atoms with van der Waals surface area (Å²) in [5, 5.41) is 13.4. The predicted octanol–water partition coefficient (Wildman–Crippen LogP) is 3.54. The Hall–Kier alpha value is -1.66. The molecule has 2 N–H and O–H groups in total. The predicted molar refractivity (Wildman–Crippen MR) is 78.5 cm³/mol. The number of aromatic hydroxyl groups is 1. The van der Waals surface area contributed by atoms with Crippen LogP contribution in [0.2, 0.25) is 5.15 Å². The number of fused-ring (bicyclic) bond motifs is 1. The molecular formula is C13H10BrClN2O3. The van der Waals surface area contributed by atoms with Gasteiger partial charge in [0, 0.05) is 28.8 Å². The van der Waals surface area contributed by atoms with E-state index < -0.39 is 0 Å². The van der Waals surface area contributed by atoms with E-state index in [2.05, 4.69) is 26.2 Å². The molecule has 5 nitrogen and oxygen atoms in total. The van der Waals surface area contributed by atoms with E-state index in [-0.39, 0.29) is 12.5 Å². The average molecular weight is 358 g/mol. The van der Waals surface area contributed by atoms with E-state index in [0.717, 1.165) is 4.47 Å². The summed E-state index contributed by atoms with van der Waals surface area (Å²) in [4.78, 5) is 4.02. The first-order chi connectivity index (χ1) is 9.63. The normalized spacial score (nSPS) is 12.5. The standard InChI is InChI=1S/C13H10BrClN2O3/c14-8-2-9(13(15)17-5-8)16-4-7-1-11-12(3-10(7)18)20-6-19-11/h1-3,5,16,18H,4,6H2. The van der Waals surface area contributed by atoms with Crippen LogP contribution >= 0.6 is 27.5 Å². The largest absolute Gasteiger partial charge is 0.507 e. The number of phenolic OH excluding ortho intramolecular Hbond substituents is 1. The third kappa shape index (κ3) is 2.62. The molecule has 2 heterocycles. The number of pyridine rings is 1. The number of nitrogens with one attached hydrogen (secondary N) is 1. The third-order valence-electron chi connectivity index (χ3n) is 2.85. The Morgan fingerprint density at radius 2 is 2.05 bits per heavy atom. The van der Waals surface area contributed by atoms with E-state index in [1.165, 1.54) is 0 Å². The van der Waals surface area contributed by atoms with Crippen LogP contribution in [0.15, 0.2) is 28.9 Å². The molecule has 1 aromatic carbocycles. The Bertz CT molecular complexity index is 666. The fourth-order valence-corrected chi connectivity index (χ4v) is 2.35. The highest BCUT2D eigenvalue weighted by molar-refractivity contribution is 9.10. The van der Waals surface area contributed by atoms with Crippen molar-refractivity contribution in [1.29, 1.82) is 0 Å². The quantitative estimate of drug-likeness (QED) is 0.823. The number of aromatic nitrogens is 1. The maximum absolute atomic E-state index is 9.94. The Morgan fingerprint density at radius 1 is 1.30 bits per heavy atom. The molecule has 2 aromatic rings. The lowest BCUT2D eigenvalue weighted by molar-refractivity contribution is 0.174. The van der Waals surface area contributed by atoms with Gasteiger partial charge in [-0.3, -0.25) is 0 Å². The summed E-state index contributed by atoms with van der Waals surface area (Å²) in [5.41, 5.74) is 1.36. The van der Waals surface area contributed by atoms with Crippen molar-refractivity contribution in [2.45, 2.75) is 6.54 Å². The minimum atomic E-state index is 0.140. The van der Waals surface area contributed by atoms with Crippen LogP contribution in [0.25, 0.3) is 0 Å². The van der Waals surface area contributed by atoms with Gasteiger partial charge in [-0.25, -0.2) is 4.98 Å². The second-order valence-electron chi connectivity index (χ2n) is 4.18. The summed E-state index contributed by atoms with van der Waals surface area (Å²) in [5.74, 6) is 1.31. The molecule has 104 valence electrons. The van der Waals surface area contributed by atoms with Crippen LogP contribution in [-0.4, -0.2) is 16.9 Å². The molecule has 1 aliphatic rings. The second-order valence-corrected chi connectivity index (χ2v) is 5.45. The summed E-state index contributed by atoms with van der Waals surface area (Å²) in [6.07, 6.45) is 1.62. The molecule has 0 saturated heterocycles. The SMILES string of the molecule is Oc1cc2c(cc1CNc1cc(Br)cnc1Cl)OCO2. The fraction of sp³-hybridized carbons (Fsp3) is 0.154. The van der Waals surface area contributed by atoms with Gasteiger partial charge >= 0.3 is 0 Å². The minimum absolute atomic E-state index is 0.140. The average Bonchev–Trinajstić information content (AvgIpc) is 2.86. The van der Waals surface area contributed by atoms with Gasteiger partial charge in [0.15, 0.2) is 16.7 Å². The monoisotopic (exact) mass is 356 g/mol. The topological polar surface area (TPSA) is 63.6 Å².